The number of allylic oxidation sites excluding steroid dienone is 1. The fourth-order valence-corrected chi connectivity index (χ4v) is 4.09. The lowest BCUT2D eigenvalue weighted by Gasteiger charge is -2.17. The Labute approximate surface area is 219 Å². The van der Waals surface area contributed by atoms with Gasteiger partial charge in [-0.2, -0.15) is 0 Å². The first-order valence-electron chi connectivity index (χ1n) is 11.5. The van der Waals surface area contributed by atoms with Gasteiger partial charge in [0.25, 0.3) is 11.8 Å². The molecule has 0 fully saturated rings. The molecule has 3 aromatic rings. The van der Waals surface area contributed by atoms with Crippen LogP contribution in [-0.2, 0) is 25.7 Å². The van der Waals surface area contributed by atoms with E-state index in [1.807, 2.05) is 30.3 Å². The Balaban J connectivity index is 1.47. The normalized spacial score (nSPS) is 14.2. The first-order valence-corrected chi connectivity index (χ1v) is 11.9. The molecule has 0 bridgehead atoms. The summed E-state index contributed by atoms with van der Waals surface area (Å²) in [5.74, 6) is -0.729. The predicted octanol–water partition coefficient (Wildman–Crippen LogP) is 5.23. The molecule has 0 spiro atoms. The molecule has 7 nitrogen and oxygen atoms in total. The standard InChI is InChI=1S/C29H25ClN2O5/c1-19-27(29(35)36-2)23(28(34)32(19)17-21-8-4-3-5-9-21)16-20-12-14-22(15-13-20)37-18-26(33)31-25-11-7-6-10-24(25)30/h3-16H,17-18H2,1-2H3,(H,31,33)/b23-16-. The summed E-state index contributed by atoms with van der Waals surface area (Å²) in [5.41, 5.74) is 3.17. The van der Waals surface area contributed by atoms with E-state index in [2.05, 4.69) is 5.32 Å². The number of ether oxygens (including phenoxy) is 2. The Morgan fingerprint density at radius 3 is 2.32 bits per heavy atom. The number of halogens is 1. The third-order valence-electron chi connectivity index (χ3n) is 5.79. The molecule has 8 heteroatoms. The number of rotatable bonds is 8. The third kappa shape index (κ3) is 6.08. The Morgan fingerprint density at radius 2 is 1.65 bits per heavy atom. The highest BCUT2D eigenvalue weighted by atomic mass is 35.5. The first kappa shape index (κ1) is 25.7. The van der Waals surface area contributed by atoms with E-state index in [0.29, 0.717) is 34.3 Å². The number of para-hydroxylation sites is 1. The molecule has 0 radical (unpaired) electrons. The molecule has 0 saturated heterocycles. The largest absolute Gasteiger partial charge is 0.484 e. The maximum Gasteiger partial charge on any atom is 0.340 e. The van der Waals surface area contributed by atoms with Gasteiger partial charge < -0.3 is 19.7 Å². The van der Waals surface area contributed by atoms with Crippen LogP contribution < -0.4 is 10.1 Å². The molecular weight excluding hydrogens is 492 g/mol. The van der Waals surface area contributed by atoms with E-state index >= 15 is 0 Å². The number of nitrogens with zero attached hydrogens (tertiary/aromatic N) is 1. The number of carbonyl (C=O) groups excluding carboxylic acids is 3. The van der Waals surface area contributed by atoms with Crippen LogP contribution in [0.15, 0.2) is 95.7 Å². The molecular formula is C29H25ClN2O5. The van der Waals surface area contributed by atoms with E-state index in [9.17, 15) is 14.4 Å². The van der Waals surface area contributed by atoms with Gasteiger partial charge in [0.15, 0.2) is 6.61 Å². The number of amides is 2. The minimum Gasteiger partial charge on any atom is -0.484 e. The second-order valence-electron chi connectivity index (χ2n) is 8.27. The zero-order valence-electron chi connectivity index (χ0n) is 20.4. The van der Waals surface area contributed by atoms with Crippen LogP contribution in [0.4, 0.5) is 5.69 Å². The fourth-order valence-electron chi connectivity index (χ4n) is 3.91. The molecule has 0 unspecified atom stereocenters. The zero-order chi connectivity index (χ0) is 26.4. The van der Waals surface area contributed by atoms with Crippen LogP contribution in [0.25, 0.3) is 6.08 Å². The SMILES string of the molecule is COC(=O)C1=C(C)N(Cc2ccccc2)C(=O)/C1=C\c1ccc(OCC(=O)Nc2ccccc2Cl)cc1. The fraction of sp³-hybridized carbons (Fsp3) is 0.138. The molecule has 0 aliphatic carbocycles. The number of carbonyl (C=O) groups is 3. The van der Waals surface area contributed by atoms with Crippen LogP contribution in [0.1, 0.15) is 18.1 Å². The Bertz CT molecular complexity index is 1380. The molecule has 0 aromatic heterocycles. The maximum atomic E-state index is 13.3. The lowest BCUT2D eigenvalue weighted by Crippen LogP contribution is -2.24. The second kappa shape index (κ2) is 11.6. The summed E-state index contributed by atoms with van der Waals surface area (Å²) in [6.45, 7) is 1.87. The number of benzene rings is 3. The molecule has 1 aliphatic heterocycles. The summed E-state index contributed by atoms with van der Waals surface area (Å²) in [6.07, 6.45) is 1.65. The van der Waals surface area contributed by atoms with Crippen molar-refractivity contribution in [1.29, 1.82) is 0 Å². The summed E-state index contributed by atoms with van der Waals surface area (Å²) < 4.78 is 10.5. The van der Waals surface area contributed by atoms with Gasteiger partial charge in [0.2, 0.25) is 0 Å². The molecule has 37 heavy (non-hydrogen) atoms. The summed E-state index contributed by atoms with van der Waals surface area (Å²) in [5, 5.41) is 3.13. The topological polar surface area (TPSA) is 84.9 Å². The highest BCUT2D eigenvalue weighted by Gasteiger charge is 2.36. The minimum atomic E-state index is -0.572. The summed E-state index contributed by atoms with van der Waals surface area (Å²) in [4.78, 5) is 39.6. The molecule has 1 aliphatic rings. The predicted molar refractivity (Wildman–Crippen MR) is 142 cm³/mol. The van der Waals surface area contributed by atoms with Crippen molar-refractivity contribution in [1.82, 2.24) is 4.90 Å². The third-order valence-corrected chi connectivity index (χ3v) is 6.12. The number of hydrogen-bond donors (Lipinski definition) is 1. The molecule has 188 valence electrons. The van der Waals surface area contributed by atoms with Gasteiger partial charge in [-0.3, -0.25) is 9.59 Å². The number of methoxy groups -OCH3 is 1. The van der Waals surface area contributed by atoms with Crippen LogP contribution in [0.2, 0.25) is 5.02 Å². The quantitative estimate of drug-likeness (QED) is 0.327. The van der Waals surface area contributed by atoms with Crippen molar-refractivity contribution in [3.8, 4) is 5.75 Å². The van der Waals surface area contributed by atoms with Crippen LogP contribution in [-0.4, -0.2) is 36.4 Å². The highest BCUT2D eigenvalue weighted by molar-refractivity contribution is 6.33. The van der Waals surface area contributed by atoms with E-state index in [0.717, 1.165) is 5.56 Å². The Morgan fingerprint density at radius 1 is 0.973 bits per heavy atom. The van der Waals surface area contributed by atoms with Crippen molar-refractivity contribution >= 4 is 41.1 Å². The molecule has 2 amide bonds. The van der Waals surface area contributed by atoms with Gasteiger partial charge in [0.1, 0.15) is 5.75 Å². The monoisotopic (exact) mass is 516 g/mol. The smallest absolute Gasteiger partial charge is 0.340 e. The van der Waals surface area contributed by atoms with Crippen molar-refractivity contribution in [3.63, 3.8) is 0 Å². The van der Waals surface area contributed by atoms with E-state index in [-0.39, 0.29) is 29.6 Å². The number of esters is 1. The van der Waals surface area contributed by atoms with Gasteiger partial charge in [0, 0.05) is 5.70 Å². The minimum absolute atomic E-state index is 0.201. The Hall–Kier alpha value is -4.36. The molecule has 3 aromatic carbocycles. The number of anilines is 1. The summed E-state index contributed by atoms with van der Waals surface area (Å²) in [7, 11) is 1.29. The van der Waals surface area contributed by atoms with E-state index in [4.69, 9.17) is 21.1 Å². The molecule has 0 atom stereocenters. The van der Waals surface area contributed by atoms with Gasteiger partial charge in [-0.25, -0.2) is 4.79 Å². The van der Waals surface area contributed by atoms with E-state index in [1.165, 1.54) is 7.11 Å². The van der Waals surface area contributed by atoms with Gasteiger partial charge in [-0.15, -0.1) is 0 Å². The molecule has 0 saturated carbocycles. The van der Waals surface area contributed by atoms with Crippen LogP contribution >= 0.6 is 11.6 Å². The lowest BCUT2D eigenvalue weighted by molar-refractivity contribution is -0.136. The number of nitrogens with one attached hydrogen (secondary N) is 1. The zero-order valence-corrected chi connectivity index (χ0v) is 21.1. The van der Waals surface area contributed by atoms with Gasteiger partial charge in [-0.05, 0) is 48.4 Å². The van der Waals surface area contributed by atoms with Crippen LogP contribution in [0.3, 0.4) is 0 Å². The van der Waals surface area contributed by atoms with Crippen molar-refractivity contribution in [2.75, 3.05) is 19.0 Å². The lowest BCUT2D eigenvalue weighted by atomic mass is 10.0. The highest BCUT2D eigenvalue weighted by Crippen LogP contribution is 2.33. The first-order chi connectivity index (χ1) is 17.9. The van der Waals surface area contributed by atoms with Gasteiger partial charge in [0.05, 0.1) is 35.5 Å². The molecule has 1 N–H and O–H groups in total. The summed E-state index contributed by atoms with van der Waals surface area (Å²) in [6, 6.07) is 23.3. The van der Waals surface area contributed by atoms with Crippen LogP contribution in [0, 0.1) is 0 Å². The number of hydrogen-bond acceptors (Lipinski definition) is 5. The summed E-state index contributed by atoms with van der Waals surface area (Å²) >= 11 is 6.06. The molecule has 4 rings (SSSR count). The molecule has 1 heterocycles. The van der Waals surface area contributed by atoms with Crippen molar-refractivity contribution in [2.45, 2.75) is 13.5 Å². The van der Waals surface area contributed by atoms with Gasteiger partial charge >= 0.3 is 5.97 Å². The van der Waals surface area contributed by atoms with Crippen molar-refractivity contribution in [3.05, 3.63) is 112 Å². The van der Waals surface area contributed by atoms with Gasteiger partial charge in [-0.1, -0.05) is 66.2 Å². The maximum absolute atomic E-state index is 13.3. The Kier molecular flexibility index (Phi) is 8.05. The average Bonchev–Trinajstić information content (AvgIpc) is 3.14. The average molecular weight is 517 g/mol. The van der Waals surface area contributed by atoms with E-state index < -0.39 is 5.97 Å². The second-order valence-corrected chi connectivity index (χ2v) is 8.68. The van der Waals surface area contributed by atoms with Crippen LogP contribution in [0.5, 0.6) is 5.75 Å². The van der Waals surface area contributed by atoms with E-state index in [1.54, 1.807) is 66.4 Å². The van der Waals surface area contributed by atoms with Crippen molar-refractivity contribution in [2.24, 2.45) is 0 Å². The van der Waals surface area contributed by atoms with Crippen molar-refractivity contribution < 1.29 is 23.9 Å².